The Morgan fingerprint density at radius 3 is 2.52 bits per heavy atom. The summed E-state index contributed by atoms with van der Waals surface area (Å²) in [5.74, 6) is -2.84. The van der Waals surface area contributed by atoms with Gasteiger partial charge in [0.25, 0.3) is 0 Å². The van der Waals surface area contributed by atoms with Crippen molar-refractivity contribution in [3.8, 4) is 0 Å². The van der Waals surface area contributed by atoms with Gasteiger partial charge in [-0.15, -0.1) is 0 Å². The van der Waals surface area contributed by atoms with Crippen LogP contribution in [0.2, 0.25) is 5.02 Å². The van der Waals surface area contributed by atoms with E-state index in [2.05, 4.69) is 26.6 Å². The van der Waals surface area contributed by atoms with Crippen LogP contribution < -0.4 is 26.6 Å². The Morgan fingerprint density at radius 2 is 1.83 bits per heavy atom. The van der Waals surface area contributed by atoms with Crippen LogP contribution in [0.3, 0.4) is 0 Å². The third-order valence-electron chi connectivity index (χ3n) is 7.42. The molecule has 5 amide bonds. The van der Waals surface area contributed by atoms with Crippen molar-refractivity contribution in [1.29, 1.82) is 0 Å². The summed E-state index contributed by atoms with van der Waals surface area (Å²) in [6, 6.07) is 8.15. The average Bonchev–Trinajstić information content (AvgIpc) is 3.01. The van der Waals surface area contributed by atoms with Gasteiger partial charge in [0.2, 0.25) is 17.7 Å². The van der Waals surface area contributed by atoms with Gasteiger partial charge < -0.3 is 31.3 Å². The predicted molar refractivity (Wildman–Crippen MR) is 171 cm³/mol. The number of carbonyl (C=O) groups is 5. The number of nitrogens with one attached hydrogen (secondary N) is 5. The van der Waals surface area contributed by atoms with Gasteiger partial charge in [-0.2, -0.15) is 0 Å². The summed E-state index contributed by atoms with van der Waals surface area (Å²) in [6.45, 7) is 3.84. The Kier molecular flexibility index (Phi) is 14.0. The van der Waals surface area contributed by atoms with E-state index in [-0.39, 0.29) is 31.1 Å². The number of ether oxygens (including phenoxy) is 1. The van der Waals surface area contributed by atoms with Crippen LogP contribution in [-0.2, 0) is 36.8 Å². The van der Waals surface area contributed by atoms with Crippen molar-refractivity contribution in [2.75, 3.05) is 13.7 Å². The monoisotopic (exact) mass is 657 g/mol. The number of hydrogen-bond donors (Lipinski definition) is 5. The van der Waals surface area contributed by atoms with E-state index < -0.39 is 53.8 Å². The van der Waals surface area contributed by atoms with Crippen molar-refractivity contribution in [2.24, 2.45) is 5.92 Å². The second-order valence-electron chi connectivity index (χ2n) is 11.4. The van der Waals surface area contributed by atoms with E-state index >= 15 is 0 Å². The minimum atomic E-state index is -1.18. The zero-order valence-electron chi connectivity index (χ0n) is 26.1. The molecule has 1 heterocycles. The number of rotatable bonds is 10. The minimum Gasteiger partial charge on any atom is -0.467 e. The highest BCUT2D eigenvalue weighted by molar-refractivity contribution is 6.31. The zero-order chi connectivity index (χ0) is 33.6. The lowest BCUT2D eigenvalue weighted by Crippen LogP contribution is -2.58. The molecule has 13 heteroatoms. The van der Waals surface area contributed by atoms with Gasteiger partial charge in [0.1, 0.15) is 23.9 Å². The van der Waals surface area contributed by atoms with Crippen LogP contribution in [0.4, 0.5) is 9.18 Å². The minimum absolute atomic E-state index is 0.00516. The van der Waals surface area contributed by atoms with E-state index in [0.29, 0.717) is 35.5 Å². The van der Waals surface area contributed by atoms with E-state index in [1.807, 2.05) is 0 Å². The molecule has 0 aliphatic carbocycles. The average molecular weight is 658 g/mol. The predicted octanol–water partition coefficient (Wildman–Crippen LogP) is 2.96. The van der Waals surface area contributed by atoms with Gasteiger partial charge in [0.15, 0.2) is 0 Å². The molecule has 0 spiro atoms. The molecule has 4 atom stereocenters. The first-order chi connectivity index (χ1) is 22.0. The molecule has 0 saturated carbocycles. The first-order valence-electron chi connectivity index (χ1n) is 15.2. The van der Waals surface area contributed by atoms with Gasteiger partial charge >= 0.3 is 12.0 Å². The molecular formula is C33H41ClFN5O6. The molecule has 46 heavy (non-hydrogen) atoms. The Labute approximate surface area is 273 Å². The van der Waals surface area contributed by atoms with Gasteiger partial charge in [-0.3, -0.25) is 14.4 Å². The molecule has 11 nitrogen and oxygen atoms in total. The quantitative estimate of drug-likeness (QED) is 0.248. The van der Waals surface area contributed by atoms with Crippen LogP contribution in [0, 0.1) is 11.7 Å². The van der Waals surface area contributed by atoms with Gasteiger partial charge in [-0.25, -0.2) is 14.0 Å². The Morgan fingerprint density at radius 1 is 1.07 bits per heavy atom. The Bertz CT molecular complexity index is 1420. The highest BCUT2D eigenvalue weighted by atomic mass is 35.5. The van der Waals surface area contributed by atoms with Gasteiger partial charge in [-0.05, 0) is 60.9 Å². The molecule has 3 rings (SSSR count). The molecule has 2 aromatic rings. The highest BCUT2D eigenvalue weighted by Crippen LogP contribution is 2.17. The lowest BCUT2D eigenvalue weighted by Gasteiger charge is -2.26. The largest absolute Gasteiger partial charge is 0.467 e. The number of amides is 5. The molecule has 5 N–H and O–H groups in total. The maximum Gasteiger partial charge on any atom is 0.328 e. The topological polar surface area (TPSA) is 155 Å². The summed E-state index contributed by atoms with van der Waals surface area (Å²) < 4.78 is 18.7. The van der Waals surface area contributed by atoms with E-state index in [1.54, 1.807) is 50.2 Å². The molecule has 0 radical (unpaired) electrons. The maximum atomic E-state index is 13.9. The molecule has 0 aromatic heterocycles. The summed E-state index contributed by atoms with van der Waals surface area (Å²) >= 11 is 6.37. The van der Waals surface area contributed by atoms with E-state index in [4.69, 9.17) is 16.3 Å². The second-order valence-corrected chi connectivity index (χ2v) is 11.8. The lowest BCUT2D eigenvalue weighted by atomic mass is 10.0. The van der Waals surface area contributed by atoms with Crippen molar-refractivity contribution in [3.05, 3.63) is 82.6 Å². The number of methoxy groups -OCH3 is 1. The molecule has 1 aliphatic heterocycles. The molecule has 0 saturated heterocycles. The summed E-state index contributed by atoms with van der Waals surface area (Å²) in [5.41, 5.74) is 1.18. The number of halogens is 2. The molecule has 0 fully saturated rings. The van der Waals surface area contributed by atoms with E-state index in [0.717, 1.165) is 0 Å². The number of carbonyl (C=O) groups excluding carboxylic acids is 5. The zero-order valence-corrected chi connectivity index (χ0v) is 26.9. The number of hydrogen-bond acceptors (Lipinski definition) is 6. The maximum absolute atomic E-state index is 13.9. The first-order valence-corrected chi connectivity index (χ1v) is 15.5. The molecule has 0 unspecified atom stereocenters. The van der Waals surface area contributed by atoms with Crippen molar-refractivity contribution in [3.63, 3.8) is 0 Å². The van der Waals surface area contributed by atoms with E-state index in [1.165, 1.54) is 31.4 Å². The van der Waals surface area contributed by atoms with Crippen LogP contribution in [0.15, 0.2) is 60.7 Å². The Balaban J connectivity index is 1.83. The molecule has 2 aromatic carbocycles. The van der Waals surface area contributed by atoms with Crippen LogP contribution in [0.25, 0.3) is 0 Å². The van der Waals surface area contributed by atoms with Crippen molar-refractivity contribution in [1.82, 2.24) is 26.6 Å². The molecular weight excluding hydrogens is 617 g/mol. The van der Waals surface area contributed by atoms with Crippen LogP contribution in [0.1, 0.15) is 44.2 Å². The first kappa shape index (κ1) is 36.0. The standard InChI is InChI=1S/C33H41ClFN5O6/c1-20(2)29(32(44)46-3)40-33(45)39-27(19-22-10-4-5-12-25(22)34)31(43)38-26-13-6-7-16-36-28(41)15-14-24(37-30(26)42)18-21-9-8-11-23(35)17-21/h4-5,8-12,14-15,17,20,24,26-27,29H,6-7,13,16,18-19H2,1-3H3,(H,36,41)(H,37,42)(H,38,43)(H2,39,40,45)/b15-14-/t24-,26+,27+,29+/m1/s1. The number of esters is 1. The van der Waals surface area contributed by atoms with E-state index in [9.17, 15) is 28.4 Å². The highest BCUT2D eigenvalue weighted by Gasteiger charge is 2.31. The fraction of sp³-hybridized carbons (Fsp3) is 0.424. The van der Waals surface area contributed by atoms with Gasteiger partial charge in [0.05, 0.1) is 13.2 Å². The molecule has 248 valence electrons. The van der Waals surface area contributed by atoms with Crippen LogP contribution in [-0.4, -0.2) is 67.5 Å². The third-order valence-corrected chi connectivity index (χ3v) is 7.78. The second kappa shape index (κ2) is 17.9. The molecule has 1 aliphatic rings. The number of urea groups is 1. The fourth-order valence-corrected chi connectivity index (χ4v) is 5.13. The lowest BCUT2D eigenvalue weighted by molar-refractivity contribution is -0.144. The van der Waals surface area contributed by atoms with Crippen LogP contribution in [0.5, 0.6) is 0 Å². The van der Waals surface area contributed by atoms with Gasteiger partial charge in [-0.1, -0.05) is 61.9 Å². The van der Waals surface area contributed by atoms with Gasteiger partial charge in [0, 0.05) is 24.1 Å². The molecule has 0 bridgehead atoms. The number of benzene rings is 2. The normalized spacial score (nSPS) is 19.3. The smallest absolute Gasteiger partial charge is 0.328 e. The summed E-state index contributed by atoms with van der Waals surface area (Å²) in [5, 5.41) is 14.0. The Hall–Kier alpha value is -4.45. The SMILES string of the molecule is COC(=O)[C@@H](NC(=O)N[C@@H](Cc1ccccc1Cl)C(=O)N[C@H]1CCCCNC(=O)/C=C\[C@H](Cc2cccc(F)c2)NC1=O)C(C)C. The summed E-state index contributed by atoms with van der Waals surface area (Å²) in [7, 11) is 1.21. The van der Waals surface area contributed by atoms with Crippen LogP contribution >= 0.6 is 11.6 Å². The fourth-order valence-electron chi connectivity index (χ4n) is 4.92. The summed E-state index contributed by atoms with van der Waals surface area (Å²) in [6.07, 6.45) is 4.33. The summed E-state index contributed by atoms with van der Waals surface area (Å²) in [4.78, 5) is 64.9. The van der Waals surface area contributed by atoms with Crippen molar-refractivity contribution in [2.45, 2.75) is 70.1 Å². The van der Waals surface area contributed by atoms with Crippen molar-refractivity contribution >= 4 is 41.3 Å². The van der Waals surface area contributed by atoms with Crippen molar-refractivity contribution < 1.29 is 33.1 Å². The third kappa shape index (κ3) is 11.5.